The monoisotopic (exact) mass is 244 g/mol. The van der Waals surface area contributed by atoms with E-state index in [4.69, 9.17) is 5.73 Å². The van der Waals surface area contributed by atoms with Gasteiger partial charge in [-0.2, -0.15) is 8.78 Å². The summed E-state index contributed by atoms with van der Waals surface area (Å²) < 4.78 is 48.1. The van der Waals surface area contributed by atoms with Crippen molar-refractivity contribution < 1.29 is 22.4 Å². The first kappa shape index (κ1) is 15.2. The first-order valence-electron chi connectivity index (χ1n) is 5.03. The number of hydrogen-bond acceptors (Lipinski definition) is 2. The van der Waals surface area contributed by atoms with Crippen molar-refractivity contribution in [1.82, 2.24) is 5.32 Å². The third-order valence-electron chi connectivity index (χ3n) is 1.95. The van der Waals surface area contributed by atoms with Gasteiger partial charge in [0.15, 0.2) is 0 Å². The lowest BCUT2D eigenvalue weighted by atomic mass is 10.2. The molecule has 1 amide bonds. The van der Waals surface area contributed by atoms with Crippen LogP contribution in [0.15, 0.2) is 0 Å². The maximum absolute atomic E-state index is 12.4. The van der Waals surface area contributed by atoms with E-state index in [1.807, 2.05) is 0 Å². The minimum Gasteiger partial charge on any atom is -0.350 e. The average Bonchev–Trinajstić information content (AvgIpc) is 2.21. The van der Waals surface area contributed by atoms with Gasteiger partial charge in [-0.25, -0.2) is 8.78 Å². The van der Waals surface area contributed by atoms with Crippen molar-refractivity contribution >= 4 is 5.91 Å². The first-order chi connectivity index (χ1) is 7.40. The second-order valence-corrected chi connectivity index (χ2v) is 3.44. The molecule has 0 fully saturated rings. The molecule has 0 aliphatic heterocycles. The number of rotatable bonds is 8. The van der Waals surface area contributed by atoms with Gasteiger partial charge in [0.05, 0.1) is 6.54 Å². The number of carbonyl (C=O) groups is 1. The van der Waals surface area contributed by atoms with Crippen molar-refractivity contribution in [2.45, 2.75) is 38.0 Å². The molecular formula is C9H16F4N2O. The standard InChI is InChI=1S/C9H16F4N2O/c10-8(11)9(12,13)6-15-7(16)4-2-1-3-5-14/h8H,1-6,14H2,(H,15,16). The van der Waals surface area contributed by atoms with Crippen molar-refractivity contribution in [2.24, 2.45) is 5.73 Å². The highest BCUT2D eigenvalue weighted by atomic mass is 19.3. The maximum Gasteiger partial charge on any atom is 0.324 e. The zero-order chi connectivity index (χ0) is 12.6. The lowest BCUT2D eigenvalue weighted by molar-refractivity contribution is -0.136. The minimum atomic E-state index is -4.16. The SMILES string of the molecule is NCCCCCC(=O)NCC(F)(F)C(F)F. The number of unbranched alkanes of at least 4 members (excludes halogenated alkanes) is 2. The normalized spacial score (nSPS) is 11.9. The van der Waals surface area contributed by atoms with Crippen LogP contribution in [-0.2, 0) is 4.79 Å². The summed E-state index contributed by atoms with van der Waals surface area (Å²) in [6.45, 7) is -0.814. The predicted octanol–water partition coefficient (Wildman–Crippen LogP) is 1.52. The van der Waals surface area contributed by atoms with Crippen molar-refractivity contribution in [1.29, 1.82) is 0 Å². The summed E-state index contributed by atoms with van der Waals surface area (Å²) in [5, 5.41) is 1.78. The summed E-state index contributed by atoms with van der Waals surface area (Å²) in [7, 11) is 0. The number of carbonyl (C=O) groups excluding carboxylic acids is 1. The molecule has 0 aliphatic carbocycles. The Bertz CT molecular complexity index is 212. The number of amides is 1. The number of alkyl halides is 4. The van der Waals surface area contributed by atoms with E-state index in [-0.39, 0.29) is 6.42 Å². The summed E-state index contributed by atoms with van der Waals surface area (Å²) in [4.78, 5) is 11.0. The zero-order valence-electron chi connectivity index (χ0n) is 8.82. The molecule has 0 rings (SSSR count). The van der Waals surface area contributed by atoms with Crippen LogP contribution in [0.4, 0.5) is 17.6 Å². The molecule has 0 aromatic carbocycles. The molecule has 0 aliphatic rings. The van der Waals surface area contributed by atoms with Gasteiger partial charge in [-0.1, -0.05) is 6.42 Å². The molecule has 0 heterocycles. The molecule has 0 aromatic heterocycles. The fourth-order valence-corrected chi connectivity index (χ4v) is 0.989. The van der Waals surface area contributed by atoms with Crippen molar-refractivity contribution in [3.63, 3.8) is 0 Å². The molecule has 0 saturated carbocycles. The van der Waals surface area contributed by atoms with E-state index in [1.165, 1.54) is 0 Å². The Morgan fingerprint density at radius 2 is 1.88 bits per heavy atom. The predicted molar refractivity (Wildman–Crippen MR) is 51.5 cm³/mol. The van der Waals surface area contributed by atoms with Crippen molar-refractivity contribution in [2.75, 3.05) is 13.1 Å². The molecule has 0 radical (unpaired) electrons. The summed E-state index contributed by atoms with van der Waals surface area (Å²) in [5.41, 5.74) is 5.21. The molecule has 0 unspecified atom stereocenters. The fourth-order valence-electron chi connectivity index (χ4n) is 0.989. The zero-order valence-corrected chi connectivity index (χ0v) is 8.82. The second-order valence-electron chi connectivity index (χ2n) is 3.44. The van der Waals surface area contributed by atoms with Gasteiger partial charge >= 0.3 is 12.3 Å². The maximum atomic E-state index is 12.4. The van der Waals surface area contributed by atoms with Gasteiger partial charge in [0, 0.05) is 6.42 Å². The van der Waals surface area contributed by atoms with Gasteiger partial charge < -0.3 is 11.1 Å². The molecular weight excluding hydrogens is 228 g/mol. The van der Waals surface area contributed by atoms with E-state index in [1.54, 1.807) is 5.32 Å². The molecule has 96 valence electrons. The number of hydrogen-bond donors (Lipinski definition) is 2. The third-order valence-corrected chi connectivity index (χ3v) is 1.95. The van der Waals surface area contributed by atoms with Gasteiger partial charge in [-0.05, 0) is 19.4 Å². The average molecular weight is 244 g/mol. The highest BCUT2D eigenvalue weighted by molar-refractivity contribution is 5.75. The van der Waals surface area contributed by atoms with Crippen LogP contribution in [0.1, 0.15) is 25.7 Å². The van der Waals surface area contributed by atoms with E-state index in [0.717, 1.165) is 12.8 Å². The molecule has 3 N–H and O–H groups in total. The summed E-state index contributed by atoms with van der Waals surface area (Å²) in [5.74, 6) is -4.80. The van der Waals surface area contributed by atoms with Gasteiger partial charge in [0.2, 0.25) is 5.91 Å². The number of halogens is 4. The number of nitrogens with one attached hydrogen (secondary N) is 1. The number of nitrogens with two attached hydrogens (primary N) is 1. The lowest BCUT2D eigenvalue weighted by Gasteiger charge is -2.15. The van der Waals surface area contributed by atoms with E-state index < -0.39 is 24.8 Å². The summed E-state index contributed by atoms with van der Waals surface area (Å²) in [6.07, 6.45) is -1.72. The molecule has 0 bridgehead atoms. The molecule has 0 saturated heterocycles. The highest BCUT2D eigenvalue weighted by Gasteiger charge is 2.40. The van der Waals surface area contributed by atoms with Gasteiger partial charge in [-0.15, -0.1) is 0 Å². The van der Waals surface area contributed by atoms with Gasteiger partial charge in [-0.3, -0.25) is 4.79 Å². The Labute approximate surface area is 91.4 Å². The Kier molecular flexibility index (Phi) is 7.03. The molecule has 0 aromatic rings. The van der Waals surface area contributed by atoms with Crippen LogP contribution in [0.3, 0.4) is 0 Å². The van der Waals surface area contributed by atoms with E-state index >= 15 is 0 Å². The summed E-state index contributed by atoms with van der Waals surface area (Å²) >= 11 is 0. The van der Waals surface area contributed by atoms with Gasteiger partial charge in [0.25, 0.3) is 0 Å². The Morgan fingerprint density at radius 3 is 2.38 bits per heavy atom. The van der Waals surface area contributed by atoms with Crippen LogP contribution in [-0.4, -0.2) is 31.3 Å². The Balaban J connectivity index is 3.65. The van der Waals surface area contributed by atoms with Crippen LogP contribution in [0.5, 0.6) is 0 Å². The van der Waals surface area contributed by atoms with Crippen molar-refractivity contribution in [3.8, 4) is 0 Å². The quantitative estimate of drug-likeness (QED) is 0.502. The molecule has 3 nitrogen and oxygen atoms in total. The smallest absolute Gasteiger partial charge is 0.324 e. The van der Waals surface area contributed by atoms with Crippen LogP contribution in [0.2, 0.25) is 0 Å². The lowest BCUT2D eigenvalue weighted by Crippen LogP contribution is -2.41. The van der Waals surface area contributed by atoms with E-state index in [0.29, 0.717) is 13.0 Å². The van der Waals surface area contributed by atoms with E-state index in [2.05, 4.69) is 0 Å². The molecule has 7 heteroatoms. The molecule has 0 spiro atoms. The topological polar surface area (TPSA) is 55.1 Å². The minimum absolute atomic E-state index is 0.0549. The largest absolute Gasteiger partial charge is 0.350 e. The highest BCUT2D eigenvalue weighted by Crippen LogP contribution is 2.21. The Hall–Kier alpha value is -0.850. The van der Waals surface area contributed by atoms with Crippen LogP contribution in [0.25, 0.3) is 0 Å². The molecule has 16 heavy (non-hydrogen) atoms. The van der Waals surface area contributed by atoms with Gasteiger partial charge in [0.1, 0.15) is 0 Å². The first-order valence-corrected chi connectivity index (χ1v) is 5.03. The van der Waals surface area contributed by atoms with Crippen LogP contribution >= 0.6 is 0 Å². The Morgan fingerprint density at radius 1 is 1.25 bits per heavy atom. The fraction of sp³-hybridized carbons (Fsp3) is 0.889. The van der Waals surface area contributed by atoms with Crippen molar-refractivity contribution in [3.05, 3.63) is 0 Å². The summed E-state index contributed by atoms with van der Waals surface area (Å²) in [6, 6.07) is 0. The van der Waals surface area contributed by atoms with Crippen LogP contribution in [0, 0.1) is 0 Å². The van der Waals surface area contributed by atoms with E-state index in [9.17, 15) is 22.4 Å². The second kappa shape index (κ2) is 7.43. The molecule has 0 atom stereocenters. The third kappa shape index (κ3) is 6.60. The van der Waals surface area contributed by atoms with Crippen LogP contribution < -0.4 is 11.1 Å².